The molecule has 6 heteroatoms. The molecular formula is C11H12BrF3O2. The monoisotopic (exact) mass is 312 g/mol. The Kier molecular flexibility index (Phi) is 4.57. The molecule has 0 saturated carbocycles. The Labute approximate surface area is 105 Å². The number of hydrogen-bond donors (Lipinski definition) is 2. The van der Waals surface area contributed by atoms with E-state index in [4.69, 9.17) is 5.11 Å². The molecule has 3 unspecified atom stereocenters. The van der Waals surface area contributed by atoms with Gasteiger partial charge in [0.15, 0.2) is 11.8 Å². The Hall–Kier alpha value is -0.590. The lowest BCUT2D eigenvalue weighted by Crippen LogP contribution is -2.44. The Balaban J connectivity index is 3.20. The largest absolute Gasteiger partial charge is 0.379 e. The summed E-state index contributed by atoms with van der Waals surface area (Å²) in [6.07, 6.45) is -5.70. The smallest absolute Gasteiger partial charge is 0.231 e. The first kappa shape index (κ1) is 14.5. The highest BCUT2D eigenvalue weighted by molar-refractivity contribution is 9.10. The molecule has 0 fully saturated rings. The lowest BCUT2D eigenvalue weighted by Gasteiger charge is -2.29. The summed E-state index contributed by atoms with van der Waals surface area (Å²) >= 11 is 3.14. The van der Waals surface area contributed by atoms with Gasteiger partial charge in [-0.25, -0.2) is 13.2 Å². The van der Waals surface area contributed by atoms with Gasteiger partial charge in [-0.3, -0.25) is 0 Å². The maximum atomic E-state index is 13.4. The van der Waals surface area contributed by atoms with Crippen molar-refractivity contribution in [2.75, 3.05) is 6.67 Å². The highest BCUT2D eigenvalue weighted by Gasteiger charge is 2.44. The van der Waals surface area contributed by atoms with Crippen molar-refractivity contribution in [1.29, 1.82) is 0 Å². The van der Waals surface area contributed by atoms with Crippen molar-refractivity contribution in [3.8, 4) is 0 Å². The molecule has 0 saturated heterocycles. The van der Waals surface area contributed by atoms with Gasteiger partial charge in [0.25, 0.3) is 0 Å². The van der Waals surface area contributed by atoms with Gasteiger partial charge < -0.3 is 10.2 Å². The zero-order valence-corrected chi connectivity index (χ0v) is 10.6. The number of aliphatic hydroxyl groups is 2. The van der Waals surface area contributed by atoms with Crippen LogP contribution >= 0.6 is 15.9 Å². The molecule has 17 heavy (non-hydrogen) atoms. The van der Waals surface area contributed by atoms with E-state index in [0.29, 0.717) is 4.47 Å². The van der Waals surface area contributed by atoms with Crippen molar-refractivity contribution in [2.45, 2.75) is 25.1 Å². The molecule has 2 nitrogen and oxygen atoms in total. The lowest BCUT2D eigenvalue weighted by molar-refractivity contribution is -0.142. The SMILES string of the molecule is Cc1ccc(C(O)(CF)C(F)C(O)F)cc1Br. The Morgan fingerprint density at radius 3 is 2.41 bits per heavy atom. The molecule has 0 aliphatic carbocycles. The second-order valence-electron chi connectivity index (χ2n) is 3.80. The molecule has 96 valence electrons. The maximum Gasteiger partial charge on any atom is 0.231 e. The highest BCUT2D eigenvalue weighted by Crippen LogP contribution is 2.33. The molecule has 0 heterocycles. The molecule has 0 aliphatic rings. The molecule has 0 radical (unpaired) electrons. The van der Waals surface area contributed by atoms with E-state index in [-0.39, 0.29) is 5.56 Å². The summed E-state index contributed by atoms with van der Waals surface area (Å²) in [6.45, 7) is 0.212. The van der Waals surface area contributed by atoms with Gasteiger partial charge in [0.05, 0.1) is 0 Å². The minimum atomic E-state index is -2.95. The van der Waals surface area contributed by atoms with Gasteiger partial charge in [-0.2, -0.15) is 0 Å². The van der Waals surface area contributed by atoms with Crippen LogP contribution in [0.5, 0.6) is 0 Å². The molecule has 0 aromatic heterocycles. The van der Waals surface area contributed by atoms with E-state index in [9.17, 15) is 18.3 Å². The first-order valence-corrected chi connectivity index (χ1v) is 5.63. The third-order valence-corrected chi connectivity index (χ3v) is 3.43. The second-order valence-corrected chi connectivity index (χ2v) is 4.65. The molecule has 1 rings (SSSR count). The van der Waals surface area contributed by atoms with Crippen LogP contribution in [-0.4, -0.2) is 29.4 Å². The Morgan fingerprint density at radius 1 is 1.41 bits per heavy atom. The average Bonchev–Trinajstić information content (AvgIpc) is 2.30. The normalized spacial score (nSPS) is 18.5. The fourth-order valence-electron chi connectivity index (χ4n) is 1.40. The van der Waals surface area contributed by atoms with Crippen LogP contribution < -0.4 is 0 Å². The zero-order chi connectivity index (χ0) is 13.2. The van der Waals surface area contributed by atoms with Crippen LogP contribution in [0.15, 0.2) is 22.7 Å². The van der Waals surface area contributed by atoms with Gasteiger partial charge in [-0.05, 0) is 24.1 Å². The van der Waals surface area contributed by atoms with E-state index in [1.165, 1.54) is 18.2 Å². The van der Waals surface area contributed by atoms with E-state index < -0.39 is 24.8 Å². The molecule has 3 atom stereocenters. The van der Waals surface area contributed by atoms with Crippen molar-refractivity contribution >= 4 is 15.9 Å². The van der Waals surface area contributed by atoms with Crippen molar-refractivity contribution in [1.82, 2.24) is 0 Å². The highest BCUT2D eigenvalue weighted by atomic mass is 79.9. The molecular weight excluding hydrogens is 301 g/mol. The third-order valence-electron chi connectivity index (χ3n) is 2.57. The van der Waals surface area contributed by atoms with Crippen LogP contribution in [0.4, 0.5) is 13.2 Å². The van der Waals surface area contributed by atoms with Gasteiger partial charge >= 0.3 is 0 Å². The minimum Gasteiger partial charge on any atom is -0.379 e. The fourth-order valence-corrected chi connectivity index (χ4v) is 1.78. The number of aliphatic hydroxyl groups excluding tert-OH is 1. The van der Waals surface area contributed by atoms with Gasteiger partial charge in [0, 0.05) is 4.47 Å². The summed E-state index contributed by atoms with van der Waals surface area (Å²) in [4.78, 5) is 0. The molecule has 0 aliphatic heterocycles. The van der Waals surface area contributed by atoms with Gasteiger partial charge in [-0.1, -0.05) is 28.1 Å². The topological polar surface area (TPSA) is 40.5 Å². The molecule has 1 aromatic rings. The minimum absolute atomic E-state index is 0.137. The number of hydrogen-bond acceptors (Lipinski definition) is 2. The Bertz CT molecular complexity index is 400. The summed E-state index contributed by atoms with van der Waals surface area (Å²) in [5, 5.41) is 18.3. The van der Waals surface area contributed by atoms with Crippen LogP contribution in [0, 0.1) is 6.92 Å². The second kappa shape index (κ2) is 5.37. The van der Waals surface area contributed by atoms with Crippen LogP contribution in [0.25, 0.3) is 0 Å². The van der Waals surface area contributed by atoms with Crippen molar-refractivity contribution in [3.05, 3.63) is 33.8 Å². The number of benzene rings is 1. The zero-order valence-electron chi connectivity index (χ0n) is 9.00. The predicted octanol–water partition coefficient (Wildman–Crippen LogP) is 2.54. The first-order valence-electron chi connectivity index (χ1n) is 4.84. The fraction of sp³-hybridized carbons (Fsp3) is 0.455. The van der Waals surface area contributed by atoms with E-state index >= 15 is 0 Å². The third kappa shape index (κ3) is 2.81. The summed E-state index contributed by atoms with van der Waals surface area (Å²) < 4.78 is 39.2. The van der Waals surface area contributed by atoms with E-state index in [0.717, 1.165) is 5.56 Å². The molecule has 2 N–H and O–H groups in total. The molecule has 0 bridgehead atoms. The lowest BCUT2D eigenvalue weighted by atomic mass is 9.89. The standard InChI is InChI=1S/C11H12BrF3O2/c1-6-2-3-7(4-8(6)12)11(17,5-13)9(14)10(15)16/h2-4,9-10,16-17H,5H2,1H3. The quantitative estimate of drug-likeness (QED) is 0.897. The van der Waals surface area contributed by atoms with Crippen LogP contribution in [0.2, 0.25) is 0 Å². The van der Waals surface area contributed by atoms with Crippen molar-refractivity contribution < 1.29 is 23.4 Å². The van der Waals surface area contributed by atoms with Crippen LogP contribution in [0.1, 0.15) is 11.1 Å². The van der Waals surface area contributed by atoms with E-state index in [1.807, 2.05) is 0 Å². The summed E-state index contributed by atoms with van der Waals surface area (Å²) in [5.41, 5.74) is -2.03. The average molecular weight is 313 g/mol. The maximum absolute atomic E-state index is 13.4. The van der Waals surface area contributed by atoms with E-state index in [1.54, 1.807) is 6.92 Å². The number of alkyl halides is 3. The summed E-state index contributed by atoms with van der Waals surface area (Å²) in [6, 6.07) is 4.11. The van der Waals surface area contributed by atoms with Crippen molar-refractivity contribution in [2.24, 2.45) is 0 Å². The van der Waals surface area contributed by atoms with Gasteiger partial charge in [0.1, 0.15) is 6.67 Å². The first-order chi connectivity index (χ1) is 7.82. The number of halogens is 4. The Morgan fingerprint density at radius 2 is 2.00 bits per heavy atom. The molecule has 1 aromatic carbocycles. The van der Waals surface area contributed by atoms with Gasteiger partial charge in [-0.15, -0.1) is 0 Å². The number of rotatable bonds is 4. The summed E-state index contributed by atoms with van der Waals surface area (Å²) in [5.74, 6) is 0. The number of aryl methyl sites for hydroxylation is 1. The van der Waals surface area contributed by atoms with Crippen LogP contribution in [-0.2, 0) is 5.60 Å². The molecule has 0 spiro atoms. The summed E-state index contributed by atoms with van der Waals surface area (Å²) in [7, 11) is 0. The van der Waals surface area contributed by atoms with Crippen LogP contribution in [0.3, 0.4) is 0 Å². The van der Waals surface area contributed by atoms with E-state index in [2.05, 4.69) is 15.9 Å². The van der Waals surface area contributed by atoms with Crippen molar-refractivity contribution in [3.63, 3.8) is 0 Å². The molecule has 0 amide bonds. The van der Waals surface area contributed by atoms with Gasteiger partial charge in [0.2, 0.25) is 6.36 Å². The predicted molar refractivity (Wildman–Crippen MR) is 60.8 cm³/mol.